The van der Waals surface area contributed by atoms with Crippen molar-refractivity contribution in [2.45, 2.75) is 13.3 Å². The Morgan fingerprint density at radius 3 is 2.40 bits per heavy atom. The van der Waals surface area contributed by atoms with Gasteiger partial charge < -0.3 is 14.8 Å². The van der Waals surface area contributed by atoms with Crippen molar-refractivity contribution >= 4 is 28.9 Å². The molecule has 3 rings (SSSR count). The number of anilines is 1. The van der Waals surface area contributed by atoms with E-state index in [4.69, 9.17) is 21.7 Å². The lowest BCUT2D eigenvalue weighted by atomic mass is 10.2. The van der Waals surface area contributed by atoms with E-state index in [1.807, 2.05) is 49.4 Å². The van der Waals surface area contributed by atoms with Crippen LogP contribution in [0.5, 0.6) is 11.5 Å². The molecule has 5 nitrogen and oxygen atoms in total. The Morgan fingerprint density at radius 1 is 0.900 bits per heavy atom. The number of thiocarbonyl (C=S) groups is 1. The van der Waals surface area contributed by atoms with Crippen LogP contribution in [-0.4, -0.2) is 24.2 Å². The highest BCUT2D eigenvalue weighted by atomic mass is 32.1. The summed E-state index contributed by atoms with van der Waals surface area (Å²) in [7, 11) is 0. The molecule has 0 fully saturated rings. The maximum absolute atomic E-state index is 12.4. The van der Waals surface area contributed by atoms with Gasteiger partial charge in [0.25, 0.3) is 5.91 Å². The zero-order valence-corrected chi connectivity index (χ0v) is 17.6. The Balaban J connectivity index is 1.52. The molecule has 0 bridgehead atoms. The van der Waals surface area contributed by atoms with Gasteiger partial charge >= 0.3 is 0 Å². The second-order valence-electron chi connectivity index (χ2n) is 6.48. The molecule has 6 heteroatoms. The lowest BCUT2D eigenvalue weighted by Crippen LogP contribution is -2.34. The number of amides is 1. The minimum absolute atomic E-state index is 0.211. The monoisotopic (exact) mass is 420 g/mol. The van der Waals surface area contributed by atoms with Gasteiger partial charge in [-0.15, -0.1) is 0 Å². The van der Waals surface area contributed by atoms with Crippen LogP contribution < -0.4 is 20.1 Å². The van der Waals surface area contributed by atoms with E-state index in [1.165, 1.54) is 5.56 Å². The molecular weight excluding hydrogens is 396 g/mol. The minimum Gasteiger partial charge on any atom is -0.494 e. The number of carbonyl (C=O) groups is 1. The Hall–Kier alpha value is -3.38. The fourth-order valence-corrected chi connectivity index (χ4v) is 3.04. The summed E-state index contributed by atoms with van der Waals surface area (Å²) in [4.78, 5) is 12.4. The molecule has 0 unspecified atom stereocenters. The second kappa shape index (κ2) is 11.0. The summed E-state index contributed by atoms with van der Waals surface area (Å²) in [6.45, 7) is 3.00. The average molecular weight is 421 g/mol. The predicted molar refractivity (Wildman–Crippen MR) is 123 cm³/mol. The molecule has 154 valence electrons. The van der Waals surface area contributed by atoms with E-state index in [0.29, 0.717) is 24.5 Å². The Morgan fingerprint density at radius 2 is 1.63 bits per heavy atom. The van der Waals surface area contributed by atoms with E-state index >= 15 is 0 Å². The molecule has 1 amide bonds. The highest BCUT2D eigenvalue weighted by Gasteiger charge is 2.09. The molecule has 0 radical (unpaired) electrons. The van der Waals surface area contributed by atoms with Crippen LogP contribution in [0.15, 0.2) is 78.9 Å². The van der Waals surface area contributed by atoms with Crippen LogP contribution in [0.1, 0.15) is 22.8 Å². The molecule has 0 heterocycles. The Kier molecular flexibility index (Phi) is 7.80. The van der Waals surface area contributed by atoms with Crippen molar-refractivity contribution in [3.05, 3.63) is 90.0 Å². The average Bonchev–Trinajstić information content (AvgIpc) is 2.75. The van der Waals surface area contributed by atoms with Crippen LogP contribution in [-0.2, 0) is 6.42 Å². The highest BCUT2D eigenvalue weighted by Crippen LogP contribution is 2.18. The summed E-state index contributed by atoms with van der Waals surface area (Å²) in [6, 6.07) is 24.6. The minimum atomic E-state index is -0.302. The maximum atomic E-state index is 12.4. The van der Waals surface area contributed by atoms with E-state index in [1.54, 1.807) is 24.3 Å². The zero-order valence-electron chi connectivity index (χ0n) is 16.8. The number of nitrogens with one attached hydrogen (secondary N) is 2. The van der Waals surface area contributed by atoms with E-state index in [0.717, 1.165) is 17.9 Å². The highest BCUT2D eigenvalue weighted by molar-refractivity contribution is 7.80. The van der Waals surface area contributed by atoms with Crippen LogP contribution in [0.3, 0.4) is 0 Å². The molecule has 0 spiro atoms. The second-order valence-corrected chi connectivity index (χ2v) is 6.89. The third-order valence-corrected chi connectivity index (χ3v) is 4.43. The van der Waals surface area contributed by atoms with Crippen molar-refractivity contribution in [1.82, 2.24) is 5.32 Å². The van der Waals surface area contributed by atoms with Crippen molar-refractivity contribution in [1.29, 1.82) is 0 Å². The maximum Gasteiger partial charge on any atom is 0.257 e. The van der Waals surface area contributed by atoms with Crippen LogP contribution in [0.2, 0.25) is 0 Å². The van der Waals surface area contributed by atoms with Crippen molar-refractivity contribution in [2.75, 3.05) is 18.5 Å². The van der Waals surface area contributed by atoms with Gasteiger partial charge in [-0.1, -0.05) is 42.5 Å². The summed E-state index contributed by atoms with van der Waals surface area (Å²) >= 11 is 5.28. The van der Waals surface area contributed by atoms with Gasteiger partial charge in [-0.2, -0.15) is 0 Å². The number of hydrogen-bond acceptors (Lipinski definition) is 4. The van der Waals surface area contributed by atoms with Gasteiger partial charge in [-0.05, 0) is 55.0 Å². The molecular formula is C24H24N2O3S. The normalized spacial score (nSPS) is 10.2. The topological polar surface area (TPSA) is 59.6 Å². The molecule has 0 aliphatic rings. The first-order chi connectivity index (χ1) is 14.6. The molecule has 2 N–H and O–H groups in total. The number of rotatable bonds is 8. The molecule has 0 saturated heterocycles. The summed E-state index contributed by atoms with van der Waals surface area (Å²) in [5.41, 5.74) is 2.44. The lowest BCUT2D eigenvalue weighted by molar-refractivity contribution is 0.0977. The van der Waals surface area contributed by atoms with Crippen LogP contribution in [0.4, 0.5) is 5.69 Å². The standard InChI is InChI=1S/C24H24N2O3S/c1-2-28-21-12-6-10-19(16-21)23(27)26-24(30)25-20-11-7-13-22(17-20)29-15-14-18-8-4-3-5-9-18/h3-13,16-17H,2,14-15H2,1H3,(H2,25,26,27,30). The summed E-state index contributed by atoms with van der Waals surface area (Å²) in [5, 5.41) is 5.91. The van der Waals surface area contributed by atoms with Crippen LogP contribution >= 0.6 is 12.2 Å². The molecule has 0 atom stereocenters. The van der Waals surface area contributed by atoms with Gasteiger partial charge in [0.05, 0.1) is 13.2 Å². The first-order valence-electron chi connectivity index (χ1n) is 9.76. The first kappa shape index (κ1) is 21.3. The van der Waals surface area contributed by atoms with Gasteiger partial charge in [-0.3, -0.25) is 10.1 Å². The third-order valence-electron chi connectivity index (χ3n) is 4.23. The van der Waals surface area contributed by atoms with E-state index in [2.05, 4.69) is 22.8 Å². The molecule has 0 aliphatic carbocycles. The number of carbonyl (C=O) groups excluding carboxylic acids is 1. The number of ether oxygens (including phenoxy) is 2. The molecule has 30 heavy (non-hydrogen) atoms. The van der Waals surface area contributed by atoms with Gasteiger partial charge in [0.15, 0.2) is 5.11 Å². The van der Waals surface area contributed by atoms with Crippen LogP contribution in [0, 0.1) is 0 Å². The first-order valence-corrected chi connectivity index (χ1v) is 10.2. The van der Waals surface area contributed by atoms with Crippen molar-refractivity contribution < 1.29 is 14.3 Å². The van der Waals surface area contributed by atoms with E-state index in [-0.39, 0.29) is 11.0 Å². The number of benzene rings is 3. The Labute approximate surface area is 182 Å². The summed E-state index contributed by atoms with van der Waals surface area (Å²) in [5.74, 6) is 1.07. The summed E-state index contributed by atoms with van der Waals surface area (Å²) in [6.07, 6.45) is 0.827. The zero-order chi connectivity index (χ0) is 21.2. The molecule has 0 saturated carbocycles. The molecule has 0 aliphatic heterocycles. The fraction of sp³-hybridized carbons (Fsp3) is 0.167. The summed E-state index contributed by atoms with van der Waals surface area (Å²) < 4.78 is 11.3. The molecule has 0 aromatic heterocycles. The molecule has 3 aromatic carbocycles. The largest absolute Gasteiger partial charge is 0.494 e. The van der Waals surface area contributed by atoms with E-state index < -0.39 is 0 Å². The smallest absolute Gasteiger partial charge is 0.257 e. The molecule has 3 aromatic rings. The van der Waals surface area contributed by atoms with Gasteiger partial charge in [0.2, 0.25) is 0 Å². The van der Waals surface area contributed by atoms with Gasteiger partial charge in [0, 0.05) is 23.7 Å². The predicted octanol–water partition coefficient (Wildman–Crippen LogP) is 4.83. The number of hydrogen-bond donors (Lipinski definition) is 2. The fourth-order valence-electron chi connectivity index (χ4n) is 2.83. The lowest BCUT2D eigenvalue weighted by Gasteiger charge is -2.12. The van der Waals surface area contributed by atoms with Crippen molar-refractivity contribution in [3.63, 3.8) is 0 Å². The quantitative estimate of drug-likeness (QED) is 0.511. The van der Waals surface area contributed by atoms with Crippen molar-refractivity contribution in [3.8, 4) is 11.5 Å². The van der Waals surface area contributed by atoms with Gasteiger partial charge in [-0.25, -0.2) is 0 Å². The SMILES string of the molecule is CCOc1cccc(C(=O)NC(=S)Nc2cccc(OCCc3ccccc3)c2)c1. The van der Waals surface area contributed by atoms with Crippen LogP contribution in [0.25, 0.3) is 0 Å². The Bertz CT molecular complexity index is 993. The third kappa shape index (κ3) is 6.60. The van der Waals surface area contributed by atoms with Gasteiger partial charge in [0.1, 0.15) is 11.5 Å². The van der Waals surface area contributed by atoms with Crippen molar-refractivity contribution in [2.24, 2.45) is 0 Å². The van der Waals surface area contributed by atoms with E-state index in [9.17, 15) is 4.79 Å².